The quantitative estimate of drug-likeness (QED) is 0.658. The summed E-state index contributed by atoms with van der Waals surface area (Å²) in [6, 6.07) is 16.1. The minimum atomic E-state index is -0.258. The fraction of sp³-hybridized carbons (Fsp3) is 0.0667. The first-order valence-corrected chi connectivity index (χ1v) is 7.01. The van der Waals surface area contributed by atoms with Crippen molar-refractivity contribution < 1.29 is 4.79 Å². The van der Waals surface area contributed by atoms with Crippen molar-refractivity contribution in [3.63, 3.8) is 0 Å². The van der Waals surface area contributed by atoms with Gasteiger partial charge in [-0.1, -0.05) is 29.8 Å². The van der Waals surface area contributed by atoms with Crippen LogP contribution in [0.5, 0.6) is 0 Å². The lowest BCUT2D eigenvalue weighted by Gasteiger charge is -2.21. The van der Waals surface area contributed by atoms with Crippen LogP contribution in [0.15, 0.2) is 54.6 Å². The molecule has 0 heterocycles. The van der Waals surface area contributed by atoms with Gasteiger partial charge in [0.15, 0.2) is 5.11 Å². The maximum absolute atomic E-state index is 12.0. The molecular formula is C15H14ClN3OS. The van der Waals surface area contributed by atoms with Crippen LogP contribution in [0.2, 0.25) is 5.02 Å². The molecular weight excluding hydrogens is 306 g/mol. The Morgan fingerprint density at radius 3 is 2.33 bits per heavy atom. The molecule has 0 aliphatic carbocycles. The average molecular weight is 320 g/mol. The third-order valence-corrected chi connectivity index (χ3v) is 3.33. The van der Waals surface area contributed by atoms with E-state index in [1.54, 1.807) is 31.3 Å². The lowest BCUT2D eigenvalue weighted by Crippen LogP contribution is -2.45. The summed E-state index contributed by atoms with van der Waals surface area (Å²) in [4.78, 5) is 12.0. The van der Waals surface area contributed by atoms with Crippen molar-refractivity contribution in [2.75, 3.05) is 12.4 Å². The van der Waals surface area contributed by atoms with E-state index in [0.29, 0.717) is 15.7 Å². The minimum absolute atomic E-state index is 0.258. The number of nitrogens with zero attached hydrogens (tertiary/aromatic N) is 1. The van der Waals surface area contributed by atoms with Crippen LogP contribution in [0.1, 0.15) is 10.4 Å². The highest BCUT2D eigenvalue weighted by Gasteiger charge is 2.10. The molecule has 0 radical (unpaired) electrons. The average Bonchev–Trinajstić information content (AvgIpc) is 2.48. The number of hydrazine groups is 1. The Morgan fingerprint density at radius 1 is 1.10 bits per heavy atom. The lowest BCUT2D eigenvalue weighted by atomic mass is 10.2. The van der Waals surface area contributed by atoms with Gasteiger partial charge < -0.3 is 5.32 Å². The van der Waals surface area contributed by atoms with Gasteiger partial charge in [0.2, 0.25) is 0 Å². The Bertz CT molecular complexity index is 631. The summed E-state index contributed by atoms with van der Waals surface area (Å²) in [6.45, 7) is 0. The molecule has 2 rings (SSSR count). The maximum atomic E-state index is 12.0. The third-order valence-electron chi connectivity index (χ3n) is 2.71. The molecule has 0 saturated heterocycles. The van der Waals surface area contributed by atoms with Crippen molar-refractivity contribution >= 4 is 40.5 Å². The van der Waals surface area contributed by atoms with Gasteiger partial charge in [-0.25, -0.2) is 0 Å². The number of hydrogen-bond donors (Lipinski definition) is 2. The summed E-state index contributed by atoms with van der Waals surface area (Å²) in [5, 5.41) is 5.46. The fourth-order valence-electron chi connectivity index (χ4n) is 1.60. The molecule has 0 aliphatic heterocycles. The van der Waals surface area contributed by atoms with E-state index in [4.69, 9.17) is 23.8 Å². The highest BCUT2D eigenvalue weighted by Crippen LogP contribution is 2.10. The highest BCUT2D eigenvalue weighted by molar-refractivity contribution is 7.80. The molecule has 21 heavy (non-hydrogen) atoms. The van der Waals surface area contributed by atoms with Crippen molar-refractivity contribution in [3.8, 4) is 0 Å². The SMILES string of the molecule is CN(NC(=O)c1ccc(Cl)cc1)C(=S)Nc1ccccc1. The van der Waals surface area contributed by atoms with Crippen LogP contribution in [0.4, 0.5) is 5.69 Å². The number of benzene rings is 2. The summed E-state index contributed by atoms with van der Waals surface area (Å²) in [5.74, 6) is -0.258. The minimum Gasteiger partial charge on any atom is -0.331 e. The number of nitrogens with one attached hydrogen (secondary N) is 2. The lowest BCUT2D eigenvalue weighted by molar-refractivity contribution is 0.0888. The molecule has 0 atom stereocenters. The molecule has 0 unspecified atom stereocenters. The van der Waals surface area contributed by atoms with Crippen LogP contribution in [-0.4, -0.2) is 23.1 Å². The van der Waals surface area contributed by atoms with Crippen LogP contribution in [-0.2, 0) is 0 Å². The van der Waals surface area contributed by atoms with E-state index < -0.39 is 0 Å². The molecule has 108 valence electrons. The number of amides is 1. The molecule has 6 heteroatoms. The number of thiocarbonyl (C=S) groups is 1. The van der Waals surface area contributed by atoms with Crippen molar-refractivity contribution in [3.05, 3.63) is 65.2 Å². The number of halogens is 1. The first-order chi connectivity index (χ1) is 10.1. The van der Waals surface area contributed by atoms with E-state index in [0.717, 1.165) is 5.69 Å². The standard InChI is InChI=1S/C15H14ClN3OS/c1-19(15(21)17-13-5-3-2-4-6-13)18-14(20)11-7-9-12(16)10-8-11/h2-10H,1H3,(H,17,21)(H,18,20). The van der Waals surface area contributed by atoms with Gasteiger partial charge in [0.05, 0.1) is 0 Å². The summed E-state index contributed by atoms with van der Waals surface area (Å²) in [7, 11) is 1.67. The monoisotopic (exact) mass is 319 g/mol. The van der Waals surface area contributed by atoms with E-state index in [-0.39, 0.29) is 5.91 Å². The van der Waals surface area contributed by atoms with E-state index in [1.165, 1.54) is 5.01 Å². The Labute approximate surface area is 133 Å². The van der Waals surface area contributed by atoms with Gasteiger partial charge in [0, 0.05) is 23.3 Å². The first kappa shape index (κ1) is 15.3. The smallest absolute Gasteiger partial charge is 0.269 e. The second-order valence-corrected chi connectivity index (χ2v) is 5.13. The number of para-hydroxylation sites is 1. The topological polar surface area (TPSA) is 44.4 Å². The maximum Gasteiger partial charge on any atom is 0.269 e. The van der Waals surface area contributed by atoms with E-state index >= 15 is 0 Å². The van der Waals surface area contributed by atoms with Gasteiger partial charge in [-0.15, -0.1) is 0 Å². The van der Waals surface area contributed by atoms with E-state index in [1.807, 2.05) is 30.3 Å². The van der Waals surface area contributed by atoms with Gasteiger partial charge in [-0.05, 0) is 48.6 Å². The predicted molar refractivity (Wildman–Crippen MR) is 89.3 cm³/mol. The molecule has 4 nitrogen and oxygen atoms in total. The number of hydrogen-bond acceptors (Lipinski definition) is 2. The Morgan fingerprint density at radius 2 is 1.71 bits per heavy atom. The number of carbonyl (C=O) groups is 1. The number of anilines is 1. The zero-order chi connectivity index (χ0) is 15.2. The Balaban J connectivity index is 1.94. The molecule has 0 aliphatic rings. The number of carbonyl (C=O) groups excluding carboxylic acids is 1. The molecule has 0 bridgehead atoms. The normalized spacial score (nSPS) is 9.81. The zero-order valence-electron chi connectivity index (χ0n) is 11.3. The molecule has 2 aromatic rings. The van der Waals surface area contributed by atoms with Gasteiger partial charge in [-0.2, -0.15) is 0 Å². The summed E-state index contributed by atoms with van der Waals surface area (Å²) in [5.41, 5.74) is 4.05. The van der Waals surface area contributed by atoms with Crippen molar-refractivity contribution in [1.82, 2.24) is 10.4 Å². The number of rotatable bonds is 2. The van der Waals surface area contributed by atoms with Crippen LogP contribution in [0.3, 0.4) is 0 Å². The predicted octanol–water partition coefficient (Wildman–Crippen LogP) is 3.31. The van der Waals surface area contributed by atoms with Gasteiger partial charge >= 0.3 is 0 Å². The van der Waals surface area contributed by atoms with Crippen LogP contribution >= 0.6 is 23.8 Å². The summed E-state index contributed by atoms with van der Waals surface area (Å²) < 4.78 is 0. The highest BCUT2D eigenvalue weighted by atomic mass is 35.5. The Kier molecular flexibility index (Phi) is 5.14. The van der Waals surface area contributed by atoms with E-state index in [2.05, 4.69) is 10.7 Å². The van der Waals surface area contributed by atoms with Crippen LogP contribution in [0.25, 0.3) is 0 Å². The largest absolute Gasteiger partial charge is 0.331 e. The van der Waals surface area contributed by atoms with Gasteiger partial charge in [0.25, 0.3) is 5.91 Å². The van der Waals surface area contributed by atoms with Gasteiger partial charge in [-0.3, -0.25) is 15.2 Å². The summed E-state index contributed by atoms with van der Waals surface area (Å²) >= 11 is 11.0. The molecule has 1 amide bonds. The van der Waals surface area contributed by atoms with Crippen LogP contribution in [0, 0.1) is 0 Å². The summed E-state index contributed by atoms with van der Waals surface area (Å²) in [6.07, 6.45) is 0. The zero-order valence-corrected chi connectivity index (χ0v) is 12.9. The molecule has 2 N–H and O–H groups in total. The van der Waals surface area contributed by atoms with Crippen molar-refractivity contribution in [1.29, 1.82) is 0 Å². The van der Waals surface area contributed by atoms with Crippen molar-refractivity contribution in [2.24, 2.45) is 0 Å². The fourth-order valence-corrected chi connectivity index (χ4v) is 1.89. The molecule has 0 spiro atoms. The second kappa shape index (κ2) is 7.06. The van der Waals surface area contributed by atoms with Crippen LogP contribution < -0.4 is 10.7 Å². The molecule has 0 aromatic heterocycles. The van der Waals surface area contributed by atoms with E-state index in [9.17, 15) is 4.79 Å². The second-order valence-electron chi connectivity index (χ2n) is 4.30. The Hall–Kier alpha value is -2.11. The third kappa shape index (κ3) is 4.44. The molecule has 0 saturated carbocycles. The first-order valence-electron chi connectivity index (χ1n) is 6.22. The molecule has 0 fully saturated rings. The molecule has 2 aromatic carbocycles. The van der Waals surface area contributed by atoms with Crippen molar-refractivity contribution in [2.45, 2.75) is 0 Å². The van der Waals surface area contributed by atoms with Gasteiger partial charge in [0.1, 0.15) is 0 Å².